The molecule has 64 heavy (non-hydrogen) atoms. The van der Waals surface area contributed by atoms with Gasteiger partial charge in [0.2, 0.25) is 11.8 Å². The number of carbonyl (C=O) groups is 2. The number of imidazole rings is 1. The Morgan fingerprint density at radius 2 is 1.52 bits per heavy atom. The molecule has 3 aromatic carbocycles. The summed E-state index contributed by atoms with van der Waals surface area (Å²) in [5.41, 5.74) is 1.93. The van der Waals surface area contributed by atoms with Crippen molar-refractivity contribution in [3.8, 4) is 17.6 Å². The number of nitrogens with one attached hydrogen (secondary N) is 2. The van der Waals surface area contributed by atoms with Gasteiger partial charge in [0.25, 0.3) is 8.53 Å². The second-order valence-electron chi connectivity index (χ2n) is 15.5. The average molecular weight is 897 g/mol. The number of aromatic nitrogens is 4. The van der Waals surface area contributed by atoms with E-state index in [9.17, 15) is 14.9 Å². The van der Waals surface area contributed by atoms with Gasteiger partial charge >= 0.3 is 0 Å². The standard InChI is InChI=1S/C46H57N8O9P/c1-30(2)54(31(3)4)64(61-25-12-24-47)63-41-38(62-45(42(41)59-26-23-39(56)48-6)53-29-51-40-43(52-32(5)55)49-28-50-44(40)53)27-60-46(33-13-10-9-11-14-33,34-15-19-36(57-7)20-16-34)35-17-21-37(58-8)22-18-35/h9-11,13-22,28-31,38,41-42,45H,12,23,25-27H2,1-8H3,(H,48,56)(H,49,50,52,55)/t38-,41-,42-,45-,64?/m1/s1. The molecule has 5 aromatic rings. The van der Waals surface area contributed by atoms with Gasteiger partial charge in [0.05, 0.1) is 52.9 Å². The lowest BCUT2D eigenvalue weighted by atomic mass is 9.80. The van der Waals surface area contributed by atoms with Crippen molar-refractivity contribution in [1.82, 2.24) is 29.5 Å². The number of amides is 2. The lowest BCUT2D eigenvalue weighted by Gasteiger charge is -2.39. The van der Waals surface area contributed by atoms with E-state index in [1.165, 1.54) is 13.3 Å². The van der Waals surface area contributed by atoms with E-state index in [0.717, 1.165) is 16.7 Å². The molecule has 1 aliphatic heterocycles. The molecule has 18 heteroatoms. The number of hydrogen-bond donors (Lipinski definition) is 2. The van der Waals surface area contributed by atoms with E-state index in [4.69, 9.17) is 32.7 Å². The molecule has 0 bridgehead atoms. The van der Waals surface area contributed by atoms with Gasteiger partial charge in [0.1, 0.15) is 41.7 Å². The van der Waals surface area contributed by atoms with Crippen LogP contribution in [0.3, 0.4) is 0 Å². The Kier molecular flexibility index (Phi) is 16.7. The van der Waals surface area contributed by atoms with Crippen LogP contribution in [0.4, 0.5) is 5.82 Å². The predicted molar refractivity (Wildman–Crippen MR) is 240 cm³/mol. The average Bonchev–Trinajstić information content (AvgIpc) is 3.88. The fourth-order valence-corrected chi connectivity index (χ4v) is 9.53. The third kappa shape index (κ3) is 10.8. The molecule has 0 radical (unpaired) electrons. The van der Waals surface area contributed by atoms with E-state index in [0.29, 0.717) is 22.7 Å². The molecular weight excluding hydrogens is 840 g/mol. The number of nitriles is 1. The highest BCUT2D eigenvalue weighted by Crippen LogP contribution is 2.51. The third-order valence-electron chi connectivity index (χ3n) is 10.6. The van der Waals surface area contributed by atoms with Crippen molar-refractivity contribution >= 4 is 37.3 Å². The van der Waals surface area contributed by atoms with Gasteiger partial charge < -0.3 is 43.4 Å². The SMILES string of the molecule is CNC(=O)CCO[C@@H]1[C@H](OP(OCCC#N)N(C(C)C)C(C)C)[C@@H](COC(c2ccccc2)(c2ccc(OC)cc2)c2ccc(OC)cc2)O[C@H]1n1cnc2c(NC(C)=O)ncnc21. The molecule has 17 nitrogen and oxygen atoms in total. The van der Waals surface area contributed by atoms with Crippen LogP contribution >= 0.6 is 8.53 Å². The zero-order valence-electron chi connectivity index (χ0n) is 37.5. The van der Waals surface area contributed by atoms with Crippen molar-refractivity contribution in [3.63, 3.8) is 0 Å². The summed E-state index contributed by atoms with van der Waals surface area (Å²) in [6, 6.07) is 27.5. The minimum absolute atomic E-state index is 0.00728. The molecule has 6 rings (SSSR count). The van der Waals surface area contributed by atoms with E-state index >= 15 is 0 Å². The Morgan fingerprint density at radius 3 is 2.08 bits per heavy atom. The molecule has 0 aliphatic carbocycles. The predicted octanol–water partition coefficient (Wildman–Crippen LogP) is 6.89. The number of carbonyl (C=O) groups excluding carboxylic acids is 2. The number of rotatable bonds is 22. The molecule has 0 saturated carbocycles. The quantitative estimate of drug-likeness (QED) is 0.0414. The normalized spacial score (nSPS) is 18.0. The van der Waals surface area contributed by atoms with Crippen molar-refractivity contribution in [2.45, 2.75) is 89.7 Å². The Balaban J connectivity index is 1.53. The summed E-state index contributed by atoms with van der Waals surface area (Å²) in [5, 5.41) is 14.9. The summed E-state index contributed by atoms with van der Waals surface area (Å²) in [6.45, 7) is 9.68. The van der Waals surface area contributed by atoms with Gasteiger partial charge in [-0.25, -0.2) is 19.6 Å². The van der Waals surface area contributed by atoms with E-state index in [1.54, 1.807) is 32.2 Å². The fourth-order valence-electron chi connectivity index (χ4n) is 7.76. The zero-order chi connectivity index (χ0) is 45.8. The van der Waals surface area contributed by atoms with Crippen molar-refractivity contribution in [3.05, 3.63) is 108 Å². The topological polar surface area (TPSA) is 193 Å². The first-order chi connectivity index (χ1) is 30.9. The highest BCUT2D eigenvalue weighted by atomic mass is 31.2. The van der Waals surface area contributed by atoms with Crippen LogP contribution in [0.5, 0.6) is 11.5 Å². The van der Waals surface area contributed by atoms with Crippen LogP contribution in [0.1, 0.15) is 70.4 Å². The first kappa shape index (κ1) is 47.9. The molecule has 2 amide bonds. The molecule has 0 spiro atoms. The van der Waals surface area contributed by atoms with Crippen molar-refractivity contribution in [2.75, 3.05) is 46.4 Å². The highest BCUT2D eigenvalue weighted by molar-refractivity contribution is 7.44. The summed E-state index contributed by atoms with van der Waals surface area (Å²) >= 11 is 0. The zero-order valence-corrected chi connectivity index (χ0v) is 38.4. The van der Waals surface area contributed by atoms with Gasteiger partial charge in [0, 0.05) is 32.5 Å². The van der Waals surface area contributed by atoms with E-state index < -0.39 is 38.7 Å². The fraction of sp³-hybridized carbons (Fsp3) is 0.435. The van der Waals surface area contributed by atoms with Gasteiger partial charge in [-0.15, -0.1) is 0 Å². The largest absolute Gasteiger partial charge is 0.497 e. The van der Waals surface area contributed by atoms with Crippen LogP contribution in [-0.2, 0) is 38.4 Å². The summed E-state index contributed by atoms with van der Waals surface area (Å²) < 4.78 is 49.8. The lowest BCUT2D eigenvalue weighted by Crippen LogP contribution is -2.43. The number of nitrogens with zero attached hydrogens (tertiary/aromatic N) is 6. The minimum atomic E-state index is -1.86. The molecule has 2 N–H and O–H groups in total. The Bertz CT molecular complexity index is 2270. The monoisotopic (exact) mass is 896 g/mol. The van der Waals surface area contributed by atoms with Crippen LogP contribution in [0.2, 0.25) is 0 Å². The Morgan fingerprint density at radius 1 is 0.891 bits per heavy atom. The number of methoxy groups -OCH3 is 2. The first-order valence-electron chi connectivity index (χ1n) is 21.1. The van der Waals surface area contributed by atoms with Gasteiger partial charge in [-0.2, -0.15) is 5.26 Å². The van der Waals surface area contributed by atoms with Crippen molar-refractivity contribution < 1.29 is 42.3 Å². The lowest BCUT2D eigenvalue weighted by molar-refractivity contribution is -0.124. The Labute approximate surface area is 375 Å². The van der Waals surface area contributed by atoms with Gasteiger partial charge in [-0.05, 0) is 68.7 Å². The maximum Gasteiger partial charge on any atom is 0.259 e. The molecule has 340 valence electrons. The van der Waals surface area contributed by atoms with Gasteiger partial charge in [0.15, 0.2) is 23.2 Å². The summed E-state index contributed by atoms with van der Waals surface area (Å²) in [6.07, 6.45) is -0.551. The van der Waals surface area contributed by atoms with E-state index in [2.05, 4.69) is 64.0 Å². The van der Waals surface area contributed by atoms with Crippen LogP contribution < -0.4 is 20.1 Å². The summed E-state index contributed by atoms with van der Waals surface area (Å²) in [4.78, 5) is 38.2. The smallest absolute Gasteiger partial charge is 0.259 e. The molecule has 2 aromatic heterocycles. The first-order valence-corrected chi connectivity index (χ1v) is 22.2. The molecule has 5 atom stereocenters. The number of hydrogen-bond acceptors (Lipinski definition) is 14. The number of fused-ring (bicyclic) bond motifs is 1. The minimum Gasteiger partial charge on any atom is -0.497 e. The summed E-state index contributed by atoms with van der Waals surface area (Å²) in [7, 11) is 2.95. The highest BCUT2D eigenvalue weighted by Gasteiger charge is 2.52. The van der Waals surface area contributed by atoms with Crippen LogP contribution in [0, 0.1) is 11.3 Å². The molecular formula is C46H57N8O9P. The van der Waals surface area contributed by atoms with Crippen LogP contribution in [0.15, 0.2) is 91.5 Å². The molecule has 1 saturated heterocycles. The molecule has 1 fully saturated rings. The second-order valence-corrected chi connectivity index (χ2v) is 16.9. The molecule has 1 unspecified atom stereocenters. The van der Waals surface area contributed by atoms with Crippen molar-refractivity contribution in [2.24, 2.45) is 0 Å². The third-order valence-corrected chi connectivity index (χ3v) is 12.8. The van der Waals surface area contributed by atoms with E-state index in [-0.39, 0.29) is 62.4 Å². The number of anilines is 1. The maximum atomic E-state index is 12.6. The van der Waals surface area contributed by atoms with Crippen LogP contribution in [0.25, 0.3) is 11.2 Å². The number of ether oxygens (including phenoxy) is 5. The van der Waals surface area contributed by atoms with Gasteiger partial charge in [-0.3, -0.25) is 14.2 Å². The molecule has 3 heterocycles. The second kappa shape index (κ2) is 22.4. The Hall–Kier alpha value is -5.57. The number of benzene rings is 3. The van der Waals surface area contributed by atoms with Crippen molar-refractivity contribution in [1.29, 1.82) is 5.26 Å². The van der Waals surface area contributed by atoms with Gasteiger partial charge in [-0.1, -0.05) is 54.6 Å². The van der Waals surface area contributed by atoms with E-state index in [1.807, 2.05) is 78.9 Å². The summed E-state index contributed by atoms with van der Waals surface area (Å²) in [5.74, 6) is 1.04. The maximum absolute atomic E-state index is 12.6. The van der Waals surface area contributed by atoms with Crippen LogP contribution in [-0.4, -0.2) is 107 Å². The molecule has 1 aliphatic rings.